The molecule has 0 aliphatic carbocycles. The first kappa shape index (κ1) is 21.5. The van der Waals surface area contributed by atoms with Crippen molar-refractivity contribution < 1.29 is 38.8 Å². The summed E-state index contributed by atoms with van der Waals surface area (Å²) in [5, 5.41) is 26.4. The lowest BCUT2D eigenvalue weighted by Gasteiger charge is -2.19. The molecule has 0 rings (SSSR count). The van der Waals surface area contributed by atoms with Crippen LogP contribution in [0.2, 0.25) is 0 Å². The average molecular weight is 351 g/mol. The lowest BCUT2D eigenvalue weighted by molar-refractivity contribution is -0.143. The summed E-state index contributed by atoms with van der Waals surface area (Å²) in [5.74, 6) is -4.86. The van der Waals surface area contributed by atoms with Crippen LogP contribution < -0.4 is 0 Å². The molecular formula is C14H24O8P+. The molecule has 0 aromatic carbocycles. The van der Waals surface area contributed by atoms with Crippen LogP contribution in [0.4, 0.5) is 0 Å². The Morgan fingerprint density at radius 3 is 2.09 bits per heavy atom. The van der Waals surface area contributed by atoms with Crippen molar-refractivity contribution in [3.63, 3.8) is 0 Å². The van der Waals surface area contributed by atoms with Gasteiger partial charge in [0.05, 0.1) is 5.92 Å². The Labute approximate surface area is 135 Å². The minimum absolute atomic E-state index is 0.119. The van der Waals surface area contributed by atoms with Gasteiger partial charge in [-0.05, 0) is 37.7 Å². The molecule has 9 heteroatoms. The van der Waals surface area contributed by atoms with Crippen molar-refractivity contribution in [1.29, 1.82) is 0 Å². The monoisotopic (exact) mass is 351 g/mol. The first-order chi connectivity index (χ1) is 10.4. The smallest absolute Gasteiger partial charge is 0.481 e. The second-order valence-corrected chi connectivity index (χ2v) is 7.33. The van der Waals surface area contributed by atoms with Gasteiger partial charge in [-0.25, -0.2) is 0 Å². The average Bonchev–Trinajstić information content (AvgIpc) is 2.39. The van der Waals surface area contributed by atoms with Crippen molar-refractivity contribution in [1.82, 2.24) is 0 Å². The van der Waals surface area contributed by atoms with Crippen LogP contribution in [0.15, 0.2) is 0 Å². The predicted octanol–water partition coefficient (Wildman–Crippen LogP) is 2.59. The second kappa shape index (κ2) is 9.57. The zero-order chi connectivity index (χ0) is 18.2. The maximum absolute atomic E-state index is 12.0. The summed E-state index contributed by atoms with van der Waals surface area (Å²) in [4.78, 5) is 32.3. The summed E-state index contributed by atoms with van der Waals surface area (Å²) < 4.78 is 17.4. The third-order valence-corrected chi connectivity index (χ3v) is 4.81. The molecule has 0 saturated carbocycles. The molecule has 132 valence electrons. The molecule has 3 atom stereocenters. The van der Waals surface area contributed by atoms with Crippen LogP contribution >= 0.6 is 8.03 Å². The zero-order valence-electron chi connectivity index (χ0n) is 13.5. The van der Waals surface area contributed by atoms with E-state index in [0.29, 0.717) is 12.8 Å². The van der Waals surface area contributed by atoms with Crippen LogP contribution in [0.3, 0.4) is 0 Å². The van der Waals surface area contributed by atoms with Crippen LogP contribution in [0.1, 0.15) is 46.5 Å². The third-order valence-electron chi connectivity index (χ3n) is 3.38. The maximum atomic E-state index is 12.0. The molecule has 0 bridgehead atoms. The number of hydrogen-bond donors (Lipinski definition) is 3. The Balaban J connectivity index is 4.49. The van der Waals surface area contributed by atoms with E-state index in [0.717, 1.165) is 0 Å². The zero-order valence-corrected chi connectivity index (χ0v) is 14.4. The molecule has 8 nitrogen and oxygen atoms in total. The molecule has 0 heterocycles. The minimum atomic E-state index is -2.29. The fraction of sp³-hybridized carbons (Fsp3) is 0.786. The largest absolute Gasteiger partial charge is 0.509 e. The van der Waals surface area contributed by atoms with E-state index in [1.54, 1.807) is 20.8 Å². The van der Waals surface area contributed by atoms with E-state index in [4.69, 9.17) is 19.8 Å². The van der Waals surface area contributed by atoms with E-state index in [9.17, 15) is 18.9 Å². The van der Waals surface area contributed by atoms with Gasteiger partial charge in [0, 0.05) is 6.42 Å². The molecule has 0 aliphatic rings. The molecule has 0 aromatic heterocycles. The number of rotatable bonds is 12. The Bertz CT molecular complexity index is 460. The highest BCUT2D eigenvalue weighted by molar-refractivity contribution is 7.39. The summed E-state index contributed by atoms with van der Waals surface area (Å²) in [6.45, 7) is 4.87. The standard InChI is InChI=1S/C14H23O8P/c1-9(12(17)18)6-7-14(2,3)22-23(21)8-10(13(19)20)4-5-11(15)16/h9-10H,4-8H2,1-3H3,(H2-,15,16,17,18,19,20)/p+1. The van der Waals surface area contributed by atoms with Gasteiger partial charge in [0.1, 0.15) is 11.5 Å². The number of carboxylic acid groups (broad SMARTS) is 3. The van der Waals surface area contributed by atoms with Gasteiger partial charge in [0.25, 0.3) is 0 Å². The Kier molecular flexibility index (Phi) is 8.94. The second-order valence-electron chi connectivity index (χ2n) is 6.11. The van der Waals surface area contributed by atoms with E-state index in [-0.39, 0.29) is 19.0 Å². The van der Waals surface area contributed by atoms with Gasteiger partial charge in [0.15, 0.2) is 6.16 Å². The predicted molar refractivity (Wildman–Crippen MR) is 81.7 cm³/mol. The van der Waals surface area contributed by atoms with Crippen molar-refractivity contribution in [2.75, 3.05) is 6.16 Å². The topological polar surface area (TPSA) is 138 Å². The van der Waals surface area contributed by atoms with Crippen molar-refractivity contribution in [3.05, 3.63) is 0 Å². The van der Waals surface area contributed by atoms with Gasteiger partial charge in [-0.15, -0.1) is 4.52 Å². The summed E-state index contributed by atoms with van der Waals surface area (Å²) in [6, 6.07) is 0. The molecule has 23 heavy (non-hydrogen) atoms. The van der Waals surface area contributed by atoms with Crippen LogP contribution in [0, 0.1) is 11.8 Å². The first-order valence-corrected chi connectivity index (χ1v) is 8.62. The normalized spacial score (nSPS) is 14.8. The lowest BCUT2D eigenvalue weighted by atomic mass is 9.96. The number of carbonyl (C=O) groups is 3. The highest BCUT2D eigenvalue weighted by Gasteiger charge is 2.36. The third kappa shape index (κ3) is 9.97. The van der Waals surface area contributed by atoms with Crippen molar-refractivity contribution >= 4 is 25.9 Å². The highest BCUT2D eigenvalue weighted by Crippen LogP contribution is 2.36. The fourth-order valence-corrected chi connectivity index (χ4v) is 3.23. The van der Waals surface area contributed by atoms with Gasteiger partial charge < -0.3 is 15.3 Å². The minimum Gasteiger partial charge on any atom is -0.481 e. The summed E-state index contributed by atoms with van der Waals surface area (Å²) in [7, 11) is -2.29. The van der Waals surface area contributed by atoms with Gasteiger partial charge >= 0.3 is 25.9 Å². The van der Waals surface area contributed by atoms with E-state index in [1.165, 1.54) is 0 Å². The quantitative estimate of drug-likeness (QED) is 0.456. The Morgan fingerprint density at radius 2 is 1.65 bits per heavy atom. The molecule has 0 aromatic rings. The summed E-state index contributed by atoms with van der Waals surface area (Å²) in [5.41, 5.74) is -0.854. The molecule has 3 N–H and O–H groups in total. The first-order valence-electron chi connectivity index (χ1n) is 7.26. The molecule has 0 aliphatic heterocycles. The van der Waals surface area contributed by atoms with Crippen molar-refractivity contribution in [2.24, 2.45) is 11.8 Å². The van der Waals surface area contributed by atoms with Gasteiger partial charge in [-0.2, -0.15) is 0 Å². The lowest BCUT2D eigenvalue weighted by Crippen LogP contribution is -2.25. The number of aliphatic carboxylic acids is 3. The maximum Gasteiger partial charge on any atom is 0.509 e. The molecule has 0 spiro atoms. The summed E-state index contributed by atoms with van der Waals surface area (Å²) >= 11 is 0. The number of hydrogen-bond acceptors (Lipinski definition) is 5. The number of carboxylic acids is 3. The van der Waals surface area contributed by atoms with Gasteiger partial charge in [-0.3, -0.25) is 14.4 Å². The van der Waals surface area contributed by atoms with Crippen molar-refractivity contribution in [3.8, 4) is 0 Å². The van der Waals surface area contributed by atoms with Crippen molar-refractivity contribution in [2.45, 2.75) is 52.1 Å². The molecular weight excluding hydrogens is 327 g/mol. The Morgan fingerprint density at radius 1 is 1.09 bits per heavy atom. The molecule has 0 amide bonds. The SMILES string of the molecule is CC(CCC(C)(C)O[P+](=O)CC(CCC(=O)O)C(=O)O)C(=O)O. The van der Waals surface area contributed by atoms with Crippen LogP contribution in [0.5, 0.6) is 0 Å². The molecule has 0 fully saturated rings. The van der Waals surface area contributed by atoms with Crippen LogP contribution in [0.25, 0.3) is 0 Å². The molecule has 0 saturated heterocycles. The van der Waals surface area contributed by atoms with Gasteiger partial charge in [-0.1, -0.05) is 6.92 Å². The fourth-order valence-electron chi connectivity index (χ4n) is 1.82. The van der Waals surface area contributed by atoms with E-state index >= 15 is 0 Å². The highest BCUT2D eigenvalue weighted by atomic mass is 31.1. The molecule has 0 radical (unpaired) electrons. The van der Waals surface area contributed by atoms with E-state index in [2.05, 4.69) is 0 Å². The molecule has 3 unspecified atom stereocenters. The summed E-state index contributed by atoms with van der Waals surface area (Å²) in [6.07, 6.45) is -0.0115. The van der Waals surface area contributed by atoms with Crippen LogP contribution in [-0.2, 0) is 23.5 Å². The Hall–Kier alpha value is -1.53. The van der Waals surface area contributed by atoms with E-state index in [1.807, 2.05) is 0 Å². The van der Waals surface area contributed by atoms with Gasteiger partial charge in [0.2, 0.25) is 0 Å². The van der Waals surface area contributed by atoms with E-state index < -0.39 is 43.4 Å². The van der Waals surface area contributed by atoms with Crippen LogP contribution in [-0.4, -0.2) is 45.0 Å².